The van der Waals surface area contributed by atoms with Gasteiger partial charge in [-0.1, -0.05) is 31.6 Å². The van der Waals surface area contributed by atoms with Crippen LogP contribution >= 0.6 is 0 Å². The second kappa shape index (κ2) is 7.57. The van der Waals surface area contributed by atoms with Gasteiger partial charge >= 0.3 is 11.9 Å². The van der Waals surface area contributed by atoms with Crippen LogP contribution in [0.1, 0.15) is 46.5 Å². The van der Waals surface area contributed by atoms with Crippen LogP contribution in [0.4, 0.5) is 0 Å². The minimum absolute atomic E-state index is 0.00192. The topological polar surface area (TPSA) is 86.7 Å². The second-order valence-corrected chi connectivity index (χ2v) is 9.83. The zero-order valence-electron chi connectivity index (χ0n) is 18.6. The summed E-state index contributed by atoms with van der Waals surface area (Å²) in [6, 6.07) is 0. The molecule has 0 unspecified atom stereocenters. The van der Waals surface area contributed by atoms with Gasteiger partial charge in [0.05, 0.1) is 13.0 Å². The summed E-state index contributed by atoms with van der Waals surface area (Å²) >= 11 is 0. The van der Waals surface area contributed by atoms with E-state index in [1.54, 1.807) is 12.2 Å². The van der Waals surface area contributed by atoms with Gasteiger partial charge in [-0.15, -0.1) is 0 Å². The molecule has 4 rings (SSSR count). The van der Waals surface area contributed by atoms with Crippen LogP contribution in [0, 0.1) is 34.5 Å². The van der Waals surface area contributed by atoms with Crippen molar-refractivity contribution in [2.45, 2.75) is 46.5 Å². The summed E-state index contributed by atoms with van der Waals surface area (Å²) in [5.74, 6) is -0.860. The first-order chi connectivity index (χ1) is 14.6. The minimum atomic E-state index is -0.483. The monoisotopic (exact) mass is 426 g/mol. The number of fused-ring (bicyclic) bond motifs is 5. The molecule has 0 radical (unpaired) electrons. The van der Waals surface area contributed by atoms with E-state index in [1.807, 2.05) is 12.2 Å². The molecule has 0 saturated heterocycles. The van der Waals surface area contributed by atoms with Gasteiger partial charge in [-0.3, -0.25) is 19.2 Å². The lowest BCUT2D eigenvalue weighted by atomic mass is 9.44. The molecular weight excluding hydrogens is 396 g/mol. The van der Waals surface area contributed by atoms with Gasteiger partial charge < -0.3 is 9.47 Å². The highest BCUT2D eigenvalue weighted by atomic mass is 16.5. The number of Topliss-reactive ketones (excluding diaryl/α,β-unsaturated/α-hetero) is 1. The third-order valence-electron chi connectivity index (χ3n) is 8.32. The van der Waals surface area contributed by atoms with Gasteiger partial charge in [0, 0.05) is 23.3 Å². The lowest BCUT2D eigenvalue weighted by Gasteiger charge is -2.58. The molecule has 0 aromatic carbocycles. The predicted octanol–water partition coefficient (Wildman–Crippen LogP) is 3.36. The van der Waals surface area contributed by atoms with E-state index in [9.17, 15) is 19.2 Å². The van der Waals surface area contributed by atoms with Crippen molar-refractivity contribution in [2.75, 3.05) is 13.7 Å². The van der Waals surface area contributed by atoms with Gasteiger partial charge in [-0.2, -0.15) is 0 Å². The molecule has 0 N–H and O–H groups in total. The summed E-state index contributed by atoms with van der Waals surface area (Å²) in [4.78, 5) is 49.2. The van der Waals surface area contributed by atoms with Crippen LogP contribution in [-0.4, -0.2) is 37.2 Å². The Bertz CT molecular complexity index is 940. The third kappa shape index (κ3) is 3.31. The van der Waals surface area contributed by atoms with E-state index in [0.717, 1.165) is 24.8 Å². The molecule has 6 heteroatoms. The first-order valence-electron chi connectivity index (χ1n) is 11.0. The Balaban J connectivity index is 1.72. The van der Waals surface area contributed by atoms with Crippen molar-refractivity contribution in [1.29, 1.82) is 0 Å². The van der Waals surface area contributed by atoms with E-state index in [0.29, 0.717) is 12.0 Å². The number of ether oxygens (including phenoxy) is 2. The van der Waals surface area contributed by atoms with E-state index in [2.05, 4.69) is 13.8 Å². The van der Waals surface area contributed by atoms with Crippen LogP contribution < -0.4 is 0 Å². The van der Waals surface area contributed by atoms with Gasteiger partial charge in [0.25, 0.3) is 0 Å². The van der Waals surface area contributed by atoms with Crippen LogP contribution in [0.3, 0.4) is 0 Å². The fraction of sp³-hybridized carbons (Fsp3) is 0.600. The maximum Gasteiger partial charge on any atom is 0.309 e. The minimum Gasteiger partial charge on any atom is -0.469 e. The summed E-state index contributed by atoms with van der Waals surface area (Å²) in [6.45, 7) is 5.22. The maximum atomic E-state index is 13.0. The summed E-state index contributed by atoms with van der Waals surface area (Å²) in [5, 5.41) is 0. The smallest absolute Gasteiger partial charge is 0.309 e. The van der Waals surface area contributed by atoms with Crippen molar-refractivity contribution in [3.8, 4) is 0 Å². The maximum absolute atomic E-state index is 13.0. The number of carbonyl (C=O) groups excluding carboxylic acids is 4. The first-order valence-corrected chi connectivity index (χ1v) is 11.0. The van der Waals surface area contributed by atoms with E-state index in [-0.39, 0.29) is 53.2 Å². The molecule has 6 atom stereocenters. The number of rotatable bonds is 4. The van der Waals surface area contributed by atoms with Crippen LogP contribution in [-0.2, 0) is 28.7 Å². The average molecular weight is 427 g/mol. The van der Waals surface area contributed by atoms with Crippen LogP contribution in [0.25, 0.3) is 0 Å². The van der Waals surface area contributed by atoms with Crippen LogP contribution in [0.5, 0.6) is 0 Å². The average Bonchev–Trinajstić information content (AvgIpc) is 3.08. The molecule has 6 nitrogen and oxygen atoms in total. The first kappa shape index (κ1) is 21.7. The standard InChI is InChI=1S/C25H30O6/c1-14(26)31-13-21(28)20-8-7-19-17-6-5-15-11-16(27)9-10-24(15,2)22(17)18(23(29)30-4)12-25(19,20)3/h8-11,17-19,22H,5-7,12-13H2,1-4H3/t17-,18-,19+,22+,24+,25+/m1/s1. The van der Waals surface area contributed by atoms with Crippen LogP contribution in [0.2, 0.25) is 0 Å². The van der Waals surface area contributed by atoms with E-state index in [4.69, 9.17) is 9.47 Å². The fourth-order valence-electron chi connectivity index (χ4n) is 7.01. The summed E-state index contributed by atoms with van der Waals surface area (Å²) < 4.78 is 10.2. The molecule has 0 aliphatic heterocycles. The number of ketones is 2. The number of carbonyl (C=O) groups is 4. The number of esters is 2. The Morgan fingerprint density at radius 2 is 1.97 bits per heavy atom. The molecule has 0 spiro atoms. The number of allylic oxidation sites excluding steroid dienone is 5. The van der Waals surface area contributed by atoms with Gasteiger partial charge in [0.1, 0.15) is 0 Å². The molecule has 31 heavy (non-hydrogen) atoms. The van der Waals surface area contributed by atoms with Gasteiger partial charge in [-0.05, 0) is 55.6 Å². The zero-order chi connectivity index (χ0) is 22.6. The van der Waals surface area contributed by atoms with Crippen molar-refractivity contribution in [1.82, 2.24) is 0 Å². The summed E-state index contributed by atoms with van der Waals surface area (Å²) in [7, 11) is 1.41. The molecule has 2 saturated carbocycles. The van der Waals surface area contributed by atoms with Gasteiger partial charge in [-0.25, -0.2) is 0 Å². The molecule has 0 heterocycles. The highest BCUT2D eigenvalue weighted by Crippen LogP contribution is 2.66. The molecule has 4 aliphatic carbocycles. The molecule has 0 bridgehead atoms. The molecule has 4 aliphatic rings. The summed E-state index contributed by atoms with van der Waals surface area (Å²) in [6.07, 6.45) is 10.3. The van der Waals surface area contributed by atoms with Crippen molar-refractivity contribution < 1.29 is 28.7 Å². The lowest BCUT2D eigenvalue weighted by Crippen LogP contribution is -2.55. The molecular formula is C25H30O6. The predicted molar refractivity (Wildman–Crippen MR) is 113 cm³/mol. The van der Waals surface area contributed by atoms with E-state index >= 15 is 0 Å². The molecule has 2 fully saturated rings. The molecule has 0 amide bonds. The highest BCUT2D eigenvalue weighted by Gasteiger charge is 2.62. The summed E-state index contributed by atoms with van der Waals surface area (Å²) in [5.41, 5.74) is 0.924. The number of hydrogen-bond donors (Lipinski definition) is 0. The Kier molecular flexibility index (Phi) is 5.31. The number of methoxy groups -OCH3 is 1. The zero-order valence-corrected chi connectivity index (χ0v) is 18.6. The molecule has 0 aromatic heterocycles. The molecule has 166 valence electrons. The van der Waals surface area contributed by atoms with Crippen molar-refractivity contribution >= 4 is 23.5 Å². The van der Waals surface area contributed by atoms with E-state index < -0.39 is 11.4 Å². The SMILES string of the molecule is COC(=O)[C@@H]1C[C@]2(C)C(C(=O)COC(C)=O)=CC[C@H]2[C@H]2CCC3=CC(=O)C=C[C@]3(C)[C@@H]21. The normalized spacial score (nSPS) is 38.3. The van der Waals surface area contributed by atoms with Gasteiger partial charge in [0.2, 0.25) is 0 Å². The van der Waals surface area contributed by atoms with Crippen molar-refractivity contribution in [3.63, 3.8) is 0 Å². The quantitative estimate of drug-likeness (QED) is 0.641. The second-order valence-electron chi connectivity index (χ2n) is 9.83. The van der Waals surface area contributed by atoms with E-state index in [1.165, 1.54) is 14.0 Å². The van der Waals surface area contributed by atoms with Crippen molar-refractivity contribution in [3.05, 3.63) is 35.5 Å². The van der Waals surface area contributed by atoms with Crippen LogP contribution in [0.15, 0.2) is 35.5 Å². The van der Waals surface area contributed by atoms with Gasteiger partial charge in [0.15, 0.2) is 18.2 Å². The third-order valence-corrected chi connectivity index (χ3v) is 8.32. The highest BCUT2D eigenvalue weighted by molar-refractivity contribution is 6.01. The Morgan fingerprint density at radius 1 is 1.23 bits per heavy atom. The Morgan fingerprint density at radius 3 is 2.65 bits per heavy atom. The lowest BCUT2D eigenvalue weighted by molar-refractivity contribution is -0.159. The van der Waals surface area contributed by atoms with Crippen molar-refractivity contribution in [2.24, 2.45) is 34.5 Å². The Hall–Kier alpha value is -2.50. The number of hydrogen-bond acceptors (Lipinski definition) is 6. The largest absolute Gasteiger partial charge is 0.469 e. The fourth-order valence-corrected chi connectivity index (χ4v) is 7.01. The molecule has 0 aromatic rings. The Labute approximate surface area is 182 Å².